The summed E-state index contributed by atoms with van der Waals surface area (Å²) in [4.78, 5) is 27.6. The van der Waals surface area contributed by atoms with Crippen LogP contribution in [0.1, 0.15) is 24.8 Å². The van der Waals surface area contributed by atoms with Crippen LogP contribution >= 0.6 is 0 Å². The molecule has 1 heterocycles. The van der Waals surface area contributed by atoms with Crippen LogP contribution in [0.3, 0.4) is 0 Å². The van der Waals surface area contributed by atoms with Gasteiger partial charge in [-0.25, -0.2) is 4.39 Å². The van der Waals surface area contributed by atoms with Crippen molar-refractivity contribution in [2.45, 2.75) is 31.7 Å². The van der Waals surface area contributed by atoms with Crippen LogP contribution in [-0.4, -0.2) is 48.3 Å². The molecule has 0 N–H and O–H groups in total. The molecule has 1 aromatic carbocycles. The number of hydrogen-bond acceptors (Lipinski definition) is 2. The Hall–Kier alpha value is -1.91. The lowest BCUT2D eigenvalue weighted by molar-refractivity contribution is -0.142. The number of halogens is 1. The van der Waals surface area contributed by atoms with E-state index >= 15 is 0 Å². The number of nitrogens with zero attached hydrogens (tertiary/aromatic N) is 2. The van der Waals surface area contributed by atoms with Gasteiger partial charge in [-0.2, -0.15) is 0 Å². The Morgan fingerprint density at radius 1 is 1.29 bits per heavy atom. The van der Waals surface area contributed by atoms with Crippen LogP contribution in [0.2, 0.25) is 0 Å². The van der Waals surface area contributed by atoms with E-state index in [1.54, 1.807) is 31.1 Å². The predicted molar refractivity (Wildman–Crippen MR) is 78.2 cm³/mol. The standard InChI is InChI=1S/C16H21FN2O2/c1-18(2)16(21)14-4-3-11-19(14)15(20)10-7-12-5-8-13(17)9-6-12/h5-6,8-9,14H,3-4,7,10-11H2,1-2H3. The maximum absolute atomic E-state index is 12.8. The number of rotatable bonds is 4. The van der Waals surface area contributed by atoms with Crippen LogP contribution in [0.5, 0.6) is 0 Å². The van der Waals surface area contributed by atoms with Crippen LogP contribution < -0.4 is 0 Å². The number of hydrogen-bond donors (Lipinski definition) is 0. The fourth-order valence-electron chi connectivity index (χ4n) is 2.67. The van der Waals surface area contributed by atoms with Crippen molar-refractivity contribution in [2.75, 3.05) is 20.6 Å². The van der Waals surface area contributed by atoms with E-state index in [1.807, 2.05) is 0 Å². The minimum Gasteiger partial charge on any atom is -0.347 e. The molecule has 0 spiro atoms. The minimum absolute atomic E-state index is 0.00275. The summed E-state index contributed by atoms with van der Waals surface area (Å²) in [6.07, 6.45) is 2.52. The zero-order valence-corrected chi connectivity index (χ0v) is 12.5. The number of likely N-dealkylation sites (N-methyl/N-ethyl adjacent to an activating group) is 1. The fraction of sp³-hybridized carbons (Fsp3) is 0.500. The molecule has 1 aliphatic rings. The lowest BCUT2D eigenvalue weighted by atomic mass is 10.1. The molecule has 0 aliphatic carbocycles. The van der Waals surface area contributed by atoms with Gasteiger partial charge < -0.3 is 9.80 Å². The monoisotopic (exact) mass is 292 g/mol. The molecule has 0 bridgehead atoms. The molecule has 5 heteroatoms. The van der Waals surface area contributed by atoms with Gasteiger partial charge in [-0.05, 0) is 37.0 Å². The zero-order chi connectivity index (χ0) is 15.4. The number of benzene rings is 1. The fourth-order valence-corrected chi connectivity index (χ4v) is 2.67. The van der Waals surface area contributed by atoms with E-state index in [0.717, 1.165) is 18.4 Å². The van der Waals surface area contributed by atoms with E-state index in [9.17, 15) is 14.0 Å². The van der Waals surface area contributed by atoms with Gasteiger partial charge in [0.2, 0.25) is 11.8 Å². The molecule has 0 aromatic heterocycles. The molecule has 114 valence electrons. The van der Waals surface area contributed by atoms with E-state index in [0.29, 0.717) is 19.4 Å². The van der Waals surface area contributed by atoms with Crippen molar-refractivity contribution in [1.29, 1.82) is 0 Å². The van der Waals surface area contributed by atoms with E-state index < -0.39 is 0 Å². The molecule has 21 heavy (non-hydrogen) atoms. The molecule has 4 nitrogen and oxygen atoms in total. The highest BCUT2D eigenvalue weighted by atomic mass is 19.1. The van der Waals surface area contributed by atoms with Crippen molar-refractivity contribution < 1.29 is 14.0 Å². The average Bonchev–Trinajstić information content (AvgIpc) is 2.94. The van der Waals surface area contributed by atoms with Crippen molar-refractivity contribution in [3.05, 3.63) is 35.6 Å². The highest BCUT2D eigenvalue weighted by molar-refractivity contribution is 5.88. The lowest BCUT2D eigenvalue weighted by Gasteiger charge is -2.26. The van der Waals surface area contributed by atoms with Crippen molar-refractivity contribution in [3.63, 3.8) is 0 Å². The van der Waals surface area contributed by atoms with E-state index in [4.69, 9.17) is 0 Å². The number of aryl methyl sites for hydroxylation is 1. The van der Waals surface area contributed by atoms with Gasteiger partial charge in [0.25, 0.3) is 0 Å². The van der Waals surface area contributed by atoms with E-state index in [-0.39, 0.29) is 23.7 Å². The first-order chi connectivity index (χ1) is 9.99. The second kappa shape index (κ2) is 6.70. The molecular formula is C16H21FN2O2. The quantitative estimate of drug-likeness (QED) is 0.849. The maximum atomic E-state index is 12.8. The zero-order valence-electron chi connectivity index (χ0n) is 12.5. The van der Waals surface area contributed by atoms with E-state index in [1.165, 1.54) is 17.0 Å². The molecule has 2 amide bonds. The van der Waals surface area contributed by atoms with Crippen LogP contribution in [0, 0.1) is 5.82 Å². The molecule has 0 saturated carbocycles. The second-order valence-electron chi connectivity index (χ2n) is 5.60. The summed E-state index contributed by atoms with van der Waals surface area (Å²) in [7, 11) is 3.42. The Kier molecular flexibility index (Phi) is 4.94. The Labute approximate surface area is 124 Å². The SMILES string of the molecule is CN(C)C(=O)C1CCCN1C(=O)CCc1ccc(F)cc1. The number of carbonyl (C=O) groups excluding carboxylic acids is 2. The van der Waals surface area contributed by atoms with Crippen molar-refractivity contribution in [3.8, 4) is 0 Å². The summed E-state index contributed by atoms with van der Waals surface area (Å²) in [6, 6.07) is 5.85. The molecular weight excluding hydrogens is 271 g/mol. The lowest BCUT2D eigenvalue weighted by Crippen LogP contribution is -2.45. The molecule has 1 unspecified atom stereocenters. The molecule has 1 saturated heterocycles. The Morgan fingerprint density at radius 3 is 2.57 bits per heavy atom. The van der Waals surface area contributed by atoms with Crippen LogP contribution in [0.25, 0.3) is 0 Å². The van der Waals surface area contributed by atoms with Gasteiger partial charge in [0, 0.05) is 27.1 Å². The third-order valence-electron chi connectivity index (χ3n) is 3.84. The highest BCUT2D eigenvalue weighted by Crippen LogP contribution is 2.20. The minimum atomic E-state index is -0.319. The van der Waals surface area contributed by atoms with Gasteiger partial charge in [-0.15, -0.1) is 0 Å². The third kappa shape index (κ3) is 3.80. The Bertz CT molecular complexity index is 514. The van der Waals surface area contributed by atoms with Gasteiger partial charge in [-0.1, -0.05) is 12.1 Å². The van der Waals surface area contributed by atoms with Crippen LogP contribution in [-0.2, 0) is 16.0 Å². The number of amides is 2. The summed E-state index contributed by atoms with van der Waals surface area (Å²) >= 11 is 0. The van der Waals surface area contributed by atoms with Crippen molar-refractivity contribution in [1.82, 2.24) is 9.80 Å². The molecule has 0 radical (unpaired) electrons. The van der Waals surface area contributed by atoms with Crippen LogP contribution in [0.15, 0.2) is 24.3 Å². The van der Waals surface area contributed by atoms with Gasteiger partial charge in [0.05, 0.1) is 0 Å². The first-order valence-corrected chi connectivity index (χ1v) is 7.24. The first-order valence-electron chi connectivity index (χ1n) is 7.24. The first kappa shape index (κ1) is 15.5. The Morgan fingerprint density at radius 2 is 1.95 bits per heavy atom. The predicted octanol–water partition coefficient (Wildman–Crippen LogP) is 1.84. The summed E-state index contributed by atoms with van der Waals surface area (Å²) in [5, 5.41) is 0. The third-order valence-corrected chi connectivity index (χ3v) is 3.84. The molecule has 1 aliphatic heterocycles. The van der Waals surface area contributed by atoms with Crippen LogP contribution in [0.4, 0.5) is 4.39 Å². The van der Waals surface area contributed by atoms with E-state index in [2.05, 4.69) is 0 Å². The largest absolute Gasteiger partial charge is 0.347 e. The average molecular weight is 292 g/mol. The molecule has 1 fully saturated rings. The van der Waals surface area contributed by atoms with Gasteiger partial charge >= 0.3 is 0 Å². The highest BCUT2D eigenvalue weighted by Gasteiger charge is 2.34. The number of carbonyl (C=O) groups is 2. The summed E-state index contributed by atoms with van der Waals surface area (Å²) < 4.78 is 12.8. The van der Waals surface area contributed by atoms with Crippen molar-refractivity contribution >= 4 is 11.8 Å². The van der Waals surface area contributed by atoms with Gasteiger partial charge in [-0.3, -0.25) is 9.59 Å². The van der Waals surface area contributed by atoms with Gasteiger partial charge in [0.15, 0.2) is 0 Å². The normalized spacial score (nSPS) is 17.9. The summed E-state index contributed by atoms with van der Waals surface area (Å²) in [5.74, 6) is -0.291. The molecule has 1 aromatic rings. The van der Waals surface area contributed by atoms with Crippen molar-refractivity contribution in [2.24, 2.45) is 0 Å². The second-order valence-corrected chi connectivity index (χ2v) is 5.60. The Balaban J connectivity index is 1.93. The maximum Gasteiger partial charge on any atom is 0.244 e. The summed E-state index contributed by atoms with van der Waals surface area (Å²) in [5.41, 5.74) is 0.930. The number of likely N-dealkylation sites (tertiary alicyclic amines) is 1. The molecule has 2 rings (SSSR count). The smallest absolute Gasteiger partial charge is 0.244 e. The summed E-state index contributed by atoms with van der Waals surface area (Å²) in [6.45, 7) is 0.645. The van der Waals surface area contributed by atoms with Gasteiger partial charge in [0.1, 0.15) is 11.9 Å². The topological polar surface area (TPSA) is 40.6 Å². The molecule has 1 atom stereocenters.